The molecule has 1 amide bonds. The highest BCUT2D eigenvalue weighted by Gasteiger charge is 2.12. The average Bonchev–Trinajstić information content (AvgIpc) is 2.49. The summed E-state index contributed by atoms with van der Waals surface area (Å²) >= 11 is 16.8. The summed E-state index contributed by atoms with van der Waals surface area (Å²) in [6.07, 6.45) is 1.27. The number of rotatable bonds is 2. The zero-order chi connectivity index (χ0) is 17.0. The van der Waals surface area contributed by atoms with Crippen LogP contribution in [0.15, 0.2) is 35.6 Å². The summed E-state index contributed by atoms with van der Waals surface area (Å²) < 4.78 is 0. The zero-order valence-electron chi connectivity index (χ0n) is 11.9. The van der Waals surface area contributed by atoms with Gasteiger partial charge in [-0.05, 0) is 37.3 Å². The molecule has 0 aliphatic carbocycles. The lowest BCUT2D eigenvalue weighted by atomic mass is 10.1. The van der Waals surface area contributed by atoms with E-state index in [9.17, 15) is 4.79 Å². The summed E-state index contributed by atoms with van der Waals surface area (Å²) in [5.74, 6) is -0.266. The van der Waals surface area contributed by atoms with Gasteiger partial charge in [-0.1, -0.05) is 29.3 Å². The van der Waals surface area contributed by atoms with Crippen molar-refractivity contribution in [2.24, 2.45) is 10.7 Å². The second-order valence-corrected chi connectivity index (χ2v) is 5.63. The molecule has 1 heterocycles. The van der Waals surface area contributed by atoms with Crippen LogP contribution in [0.3, 0.4) is 0 Å². The van der Waals surface area contributed by atoms with Crippen LogP contribution in [0.25, 0.3) is 11.3 Å². The summed E-state index contributed by atoms with van der Waals surface area (Å²) in [5, 5.41) is 3.20. The molecule has 0 fully saturated rings. The van der Waals surface area contributed by atoms with Crippen LogP contribution in [0.4, 0.5) is 0 Å². The molecule has 0 aliphatic heterocycles. The van der Waals surface area contributed by atoms with Gasteiger partial charge in [-0.15, -0.1) is 0 Å². The normalized spacial score (nSPS) is 11.2. The number of halogens is 2. The van der Waals surface area contributed by atoms with Crippen LogP contribution in [-0.2, 0) is 0 Å². The smallest absolute Gasteiger partial charge is 0.276 e. The maximum absolute atomic E-state index is 12.1. The van der Waals surface area contributed by atoms with Gasteiger partial charge in [0.1, 0.15) is 12.0 Å². The Kier molecular flexibility index (Phi) is 5.59. The number of benzene rings is 1. The molecule has 0 atom stereocenters. The SMILES string of the molecule is CC(N)=NC(=S)NC(=O)c1cc(-c2ccc(Cl)c(Cl)c2)ncn1. The number of nitrogens with one attached hydrogen (secondary N) is 1. The summed E-state index contributed by atoms with van der Waals surface area (Å²) in [6.45, 7) is 1.56. The molecule has 0 aliphatic rings. The first-order chi connectivity index (χ1) is 10.9. The predicted octanol–water partition coefficient (Wildman–Crippen LogP) is 2.84. The number of amides is 1. The van der Waals surface area contributed by atoms with Crippen molar-refractivity contribution in [1.82, 2.24) is 15.3 Å². The lowest BCUT2D eigenvalue weighted by Gasteiger charge is -2.06. The maximum atomic E-state index is 12.1. The highest BCUT2D eigenvalue weighted by molar-refractivity contribution is 7.80. The summed E-state index contributed by atoms with van der Waals surface area (Å²) in [4.78, 5) is 23.9. The van der Waals surface area contributed by atoms with Crippen molar-refractivity contribution < 1.29 is 4.79 Å². The van der Waals surface area contributed by atoms with Crippen molar-refractivity contribution in [2.45, 2.75) is 6.92 Å². The van der Waals surface area contributed by atoms with Gasteiger partial charge in [0, 0.05) is 5.56 Å². The number of nitrogens with two attached hydrogens (primary N) is 1. The highest BCUT2D eigenvalue weighted by atomic mass is 35.5. The minimum atomic E-state index is -0.510. The van der Waals surface area contributed by atoms with Crippen LogP contribution in [-0.4, -0.2) is 26.8 Å². The molecule has 0 spiro atoms. The van der Waals surface area contributed by atoms with Crippen molar-refractivity contribution >= 4 is 52.3 Å². The molecule has 6 nitrogen and oxygen atoms in total. The van der Waals surface area contributed by atoms with E-state index < -0.39 is 5.91 Å². The summed E-state index contributed by atoms with van der Waals surface area (Å²) in [6, 6.07) is 6.55. The Bertz CT molecular complexity index is 806. The minimum Gasteiger partial charge on any atom is -0.387 e. The van der Waals surface area contributed by atoms with Crippen molar-refractivity contribution in [1.29, 1.82) is 0 Å². The summed E-state index contributed by atoms with van der Waals surface area (Å²) in [7, 11) is 0. The number of amidine groups is 1. The third kappa shape index (κ3) is 4.69. The number of aliphatic imine (C=N–C) groups is 1. The molecule has 0 unspecified atom stereocenters. The van der Waals surface area contributed by atoms with Gasteiger partial charge in [0.25, 0.3) is 5.91 Å². The number of aromatic nitrogens is 2. The Labute approximate surface area is 147 Å². The lowest BCUT2D eigenvalue weighted by molar-refractivity contribution is 0.0972. The third-order valence-corrected chi connectivity index (χ3v) is 3.55. The van der Waals surface area contributed by atoms with E-state index in [2.05, 4.69) is 20.3 Å². The first kappa shape index (κ1) is 17.3. The first-order valence-corrected chi connectivity index (χ1v) is 7.47. The van der Waals surface area contributed by atoms with Crippen LogP contribution >= 0.6 is 35.4 Å². The quantitative estimate of drug-likeness (QED) is 0.483. The number of hydrogen-bond donors (Lipinski definition) is 2. The Balaban J connectivity index is 2.25. The van der Waals surface area contributed by atoms with E-state index >= 15 is 0 Å². The number of carbonyl (C=O) groups excluding carboxylic acids is 1. The number of nitrogens with zero attached hydrogens (tertiary/aromatic N) is 3. The van der Waals surface area contributed by atoms with Gasteiger partial charge in [-0.25, -0.2) is 15.0 Å². The molecule has 0 saturated heterocycles. The van der Waals surface area contributed by atoms with Gasteiger partial charge in [-0.2, -0.15) is 0 Å². The molecule has 2 aromatic rings. The molecule has 0 radical (unpaired) electrons. The molecule has 118 valence electrons. The van der Waals surface area contributed by atoms with Crippen molar-refractivity contribution in [2.75, 3.05) is 0 Å². The molecule has 1 aromatic carbocycles. The van der Waals surface area contributed by atoms with E-state index in [1.165, 1.54) is 12.4 Å². The van der Waals surface area contributed by atoms with E-state index in [1.54, 1.807) is 25.1 Å². The Morgan fingerprint density at radius 1 is 1.26 bits per heavy atom. The monoisotopic (exact) mass is 367 g/mol. The Morgan fingerprint density at radius 3 is 2.65 bits per heavy atom. The van der Waals surface area contributed by atoms with Crippen molar-refractivity contribution in [3.05, 3.63) is 46.3 Å². The second kappa shape index (κ2) is 7.45. The Morgan fingerprint density at radius 2 is 2.00 bits per heavy atom. The molecule has 3 N–H and O–H groups in total. The average molecular weight is 368 g/mol. The molecule has 2 rings (SSSR count). The van der Waals surface area contributed by atoms with Crippen LogP contribution in [0.2, 0.25) is 10.0 Å². The van der Waals surface area contributed by atoms with E-state index in [1.807, 2.05) is 0 Å². The van der Waals surface area contributed by atoms with E-state index in [4.69, 9.17) is 41.2 Å². The maximum Gasteiger partial charge on any atom is 0.276 e. The molecule has 0 saturated carbocycles. The van der Waals surface area contributed by atoms with Gasteiger partial charge in [0.05, 0.1) is 21.6 Å². The molecule has 23 heavy (non-hydrogen) atoms. The standard InChI is InChI=1S/C14H11Cl2N5OS/c1-7(17)20-14(23)21-13(22)12-5-11(18-6-19-12)8-2-3-9(15)10(16)4-8/h2-6H,1H3,(H3,17,20,21,22,23). The number of carbonyl (C=O) groups is 1. The van der Waals surface area contributed by atoms with Crippen LogP contribution in [0, 0.1) is 0 Å². The van der Waals surface area contributed by atoms with Gasteiger partial charge in [0.15, 0.2) is 0 Å². The van der Waals surface area contributed by atoms with Gasteiger partial charge in [-0.3, -0.25) is 10.1 Å². The largest absolute Gasteiger partial charge is 0.387 e. The lowest BCUT2D eigenvalue weighted by Crippen LogP contribution is -2.29. The summed E-state index contributed by atoms with van der Waals surface area (Å²) in [5.41, 5.74) is 6.75. The van der Waals surface area contributed by atoms with Crippen LogP contribution in [0.5, 0.6) is 0 Å². The molecule has 1 aromatic heterocycles. The molecule has 9 heteroatoms. The molecular formula is C14H11Cl2N5OS. The van der Waals surface area contributed by atoms with Crippen molar-refractivity contribution in [3.8, 4) is 11.3 Å². The zero-order valence-corrected chi connectivity index (χ0v) is 14.2. The predicted molar refractivity (Wildman–Crippen MR) is 94.8 cm³/mol. The topological polar surface area (TPSA) is 93.3 Å². The highest BCUT2D eigenvalue weighted by Crippen LogP contribution is 2.27. The van der Waals surface area contributed by atoms with Crippen LogP contribution in [0.1, 0.15) is 17.4 Å². The minimum absolute atomic E-state index is 0.0373. The Hall–Kier alpha value is -2.09. The number of hydrogen-bond acceptors (Lipinski definition) is 4. The van der Waals surface area contributed by atoms with Gasteiger partial charge in [0.2, 0.25) is 5.11 Å². The van der Waals surface area contributed by atoms with E-state index in [-0.39, 0.29) is 16.6 Å². The third-order valence-electron chi connectivity index (χ3n) is 2.61. The van der Waals surface area contributed by atoms with Gasteiger partial charge >= 0.3 is 0 Å². The van der Waals surface area contributed by atoms with Crippen molar-refractivity contribution in [3.63, 3.8) is 0 Å². The fourth-order valence-electron chi connectivity index (χ4n) is 1.64. The molecule has 0 bridgehead atoms. The van der Waals surface area contributed by atoms with E-state index in [0.717, 1.165) is 0 Å². The first-order valence-electron chi connectivity index (χ1n) is 6.30. The van der Waals surface area contributed by atoms with Gasteiger partial charge < -0.3 is 5.73 Å². The number of thiocarbonyl (C=S) groups is 1. The fourth-order valence-corrected chi connectivity index (χ4v) is 2.18. The molecular weight excluding hydrogens is 357 g/mol. The second-order valence-electron chi connectivity index (χ2n) is 4.43. The van der Waals surface area contributed by atoms with E-state index in [0.29, 0.717) is 21.3 Å². The van der Waals surface area contributed by atoms with Crippen LogP contribution < -0.4 is 11.1 Å². The fraction of sp³-hybridized carbons (Fsp3) is 0.0714.